The molecule has 2 aliphatic rings. The Bertz CT molecular complexity index is 1290. The maximum Gasteiger partial charge on any atom is 0.416 e. The molecule has 7 nitrogen and oxygen atoms in total. The summed E-state index contributed by atoms with van der Waals surface area (Å²) in [6.45, 7) is 5.64. The molecule has 40 heavy (non-hydrogen) atoms. The van der Waals surface area contributed by atoms with Gasteiger partial charge in [-0.15, -0.1) is 0 Å². The first-order valence-electron chi connectivity index (χ1n) is 13.2. The molecule has 0 aliphatic carbocycles. The molecule has 0 bridgehead atoms. The van der Waals surface area contributed by atoms with Gasteiger partial charge in [0, 0.05) is 23.1 Å². The second kappa shape index (κ2) is 11.2. The van der Waals surface area contributed by atoms with Crippen LogP contribution >= 0.6 is 0 Å². The standard InChI is InChI=1S/C29H33F4N3O4/c1-4-20-9-11-23(36(20)26(38)16-6-5-7-18(12-16)28(2,3)27(34)39)25(37)35-24(17-14-40-15-17)21-10-8-19(13-22(21)30)29(31,32)33/h5-8,10,12-13,17,20,23-24H,4,9,11,14-15H2,1-3H3,(H2,34,39)(H,35,37)/t20-,23-,24?/m1/s1. The number of nitrogens with zero attached hydrogens (tertiary/aromatic N) is 1. The molecule has 2 aliphatic heterocycles. The van der Waals surface area contributed by atoms with Crippen LogP contribution in [-0.4, -0.2) is 47.9 Å². The Morgan fingerprint density at radius 2 is 1.77 bits per heavy atom. The van der Waals surface area contributed by atoms with Gasteiger partial charge in [-0.1, -0.05) is 25.1 Å². The van der Waals surface area contributed by atoms with Crippen molar-refractivity contribution in [1.82, 2.24) is 10.2 Å². The molecule has 1 unspecified atom stereocenters. The summed E-state index contributed by atoms with van der Waals surface area (Å²) in [5.41, 5.74) is 4.19. The molecule has 2 aromatic carbocycles. The molecule has 0 aromatic heterocycles. The van der Waals surface area contributed by atoms with Crippen molar-refractivity contribution in [3.63, 3.8) is 0 Å². The number of carbonyl (C=O) groups is 3. The van der Waals surface area contributed by atoms with Crippen molar-refractivity contribution in [2.75, 3.05) is 13.2 Å². The lowest BCUT2D eigenvalue weighted by molar-refractivity contribution is -0.138. The summed E-state index contributed by atoms with van der Waals surface area (Å²) >= 11 is 0. The predicted octanol–water partition coefficient (Wildman–Crippen LogP) is 4.49. The van der Waals surface area contributed by atoms with Gasteiger partial charge in [-0.3, -0.25) is 14.4 Å². The first-order valence-corrected chi connectivity index (χ1v) is 13.2. The molecule has 2 heterocycles. The largest absolute Gasteiger partial charge is 0.416 e. The number of carbonyl (C=O) groups excluding carboxylic acids is 3. The van der Waals surface area contributed by atoms with E-state index in [1.807, 2.05) is 6.92 Å². The fourth-order valence-corrected chi connectivity index (χ4v) is 5.28. The number of hydrogen-bond donors (Lipinski definition) is 2. The highest BCUT2D eigenvalue weighted by molar-refractivity contribution is 5.99. The van der Waals surface area contributed by atoms with Gasteiger partial charge in [-0.25, -0.2) is 4.39 Å². The van der Waals surface area contributed by atoms with Crippen LogP contribution in [0.1, 0.15) is 73.1 Å². The number of nitrogens with one attached hydrogen (secondary N) is 1. The Balaban J connectivity index is 1.61. The van der Waals surface area contributed by atoms with Crippen LogP contribution in [0.4, 0.5) is 17.6 Å². The van der Waals surface area contributed by atoms with Gasteiger partial charge in [-0.05, 0) is 62.9 Å². The molecule has 0 saturated carbocycles. The second-order valence-corrected chi connectivity index (χ2v) is 11.0. The van der Waals surface area contributed by atoms with Crippen molar-refractivity contribution in [1.29, 1.82) is 0 Å². The second-order valence-electron chi connectivity index (χ2n) is 11.0. The van der Waals surface area contributed by atoms with E-state index >= 15 is 0 Å². The molecule has 3 atom stereocenters. The Morgan fingerprint density at radius 3 is 2.33 bits per heavy atom. The summed E-state index contributed by atoms with van der Waals surface area (Å²) in [5, 5.41) is 2.81. The molecular formula is C29H33F4N3O4. The Labute approximate surface area is 230 Å². The monoisotopic (exact) mass is 563 g/mol. The number of likely N-dealkylation sites (tertiary alicyclic amines) is 1. The van der Waals surface area contributed by atoms with E-state index in [-0.39, 0.29) is 30.7 Å². The van der Waals surface area contributed by atoms with Crippen molar-refractivity contribution < 1.29 is 36.7 Å². The SMILES string of the molecule is CC[C@@H]1CC[C@H](C(=O)NC(c2ccc(C(F)(F)F)cc2F)C2COC2)N1C(=O)c1cccc(C(C)(C)C(N)=O)c1. The van der Waals surface area contributed by atoms with Crippen LogP contribution in [0.5, 0.6) is 0 Å². The Kier molecular flexibility index (Phi) is 8.26. The smallest absolute Gasteiger partial charge is 0.381 e. The third kappa shape index (κ3) is 5.70. The van der Waals surface area contributed by atoms with Crippen molar-refractivity contribution in [3.05, 3.63) is 70.5 Å². The average Bonchev–Trinajstić information content (AvgIpc) is 3.30. The fourth-order valence-electron chi connectivity index (χ4n) is 5.28. The number of primary amides is 1. The summed E-state index contributed by atoms with van der Waals surface area (Å²) in [6, 6.07) is 6.78. The first kappa shape index (κ1) is 29.5. The van der Waals surface area contributed by atoms with Gasteiger partial charge >= 0.3 is 6.18 Å². The van der Waals surface area contributed by atoms with Crippen LogP contribution in [0.15, 0.2) is 42.5 Å². The van der Waals surface area contributed by atoms with Crippen molar-refractivity contribution in [2.45, 2.75) is 69.8 Å². The minimum Gasteiger partial charge on any atom is -0.381 e. The van der Waals surface area contributed by atoms with Crippen molar-refractivity contribution in [3.8, 4) is 0 Å². The molecule has 2 saturated heterocycles. The summed E-state index contributed by atoms with van der Waals surface area (Å²) < 4.78 is 59.4. The zero-order valence-electron chi connectivity index (χ0n) is 22.6. The highest BCUT2D eigenvalue weighted by atomic mass is 19.4. The number of nitrogens with two attached hydrogens (primary N) is 1. The fraction of sp³-hybridized carbons (Fsp3) is 0.483. The molecule has 11 heteroatoms. The topological polar surface area (TPSA) is 102 Å². The number of halogens is 4. The van der Waals surface area contributed by atoms with E-state index in [1.165, 1.54) is 4.90 Å². The number of ether oxygens (including phenoxy) is 1. The maximum absolute atomic E-state index is 14.9. The quantitative estimate of drug-likeness (QED) is 0.462. The van der Waals surface area contributed by atoms with Crippen LogP contribution in [0, 0.1) is 11.7 Å². The average molecular weight is 564 g/mol. The minimum atomic E-state index is -4.71. The summed E-state index contributed by atoms with van der Waals surface area (Å²) in [4.78, 5) is 40.9. The minimum absolute atomic E-state index is 0.0704. The van der Waals surface area contributed by atoms with E-state index in [2.05, 4.69) is 5.32 Å². The lowest BCUT2D eigenvalue weighted by Crippen LogP contribution is -2.52. The normalized spacial score (nSPS) is 20.6. The van der Waals surface area contributed by atoms with Gasteiger partial charge in [-0.2, -0.15) is 13.2 Å². The molecule has 3 amide bonds. The molecule has 216 valence electrons. The van der Waals surface area contributed by atoms with Crippen molar-refractivity contribution in [2.24, 2.45) is 11.7 Å². The number of alkyl halides is 3. The predicted molar refractivity (Wildman–Crippen MR) is 139 cm³/mol. The third-order valence-electron chi connectivity index (χ3n) is 8.05. The van der Waals surface area contributed by atoms with E-state index in [4.69, 9.17) is 10.5 Å². The molecule has 0 spiro atoms. The summed E-state index contributed by atoms with van der Waals surface area (Å²) in [5.74, 6) is -2.88. The molecule has 2 aromatic rings. The third-order valence-corrected chi connectivity index (χ3v) is 8.05. The number of amides is 3. The highest BCUT2D eigenvalue weighted by Gasteiger charge is 2.43. The van der Waals surface area contributed by atoms with E-state index in [0.717, 1.165) is 12.1 Å². The van der Waals surface area contributed by atoms with Crippen LogP contribution in [0.25, 0.3) is 0 Å². The zero-order valence-corrected chi connectivity index (χ0v) is 22.6. The van der Waals surface area contributed by atoms with Gasteiger partial charge < -0.3 is 20.7 Å². The summed E-state index contributed by atoms with van der Waals surface area (Å²) in [6.07, 6.45) is -3.18. The molecule has 2 fully saturated rings. The Hall–Kier alpha value is -3.47. The van der Waals surface area contributed by atoms with Crippen LogP contribution < -0.4 is 11.1 Å². The van der Waals surface area contributed by atoms with Crippen LogP contribution in [0.3, 0.4) is 0 Å². The number of rotatable bonds is 8. The van der Waals surface area contributed by atoms with Gasteiger partial charge in [0.2, 0.25) is 11.8 Å². The van der Waals surface area contributed by atoms with E-state index < -0.39 is 52.8 Å². The molecular weight excluding hydrogens is 530 g/mol. The number of hydrogen-bond acceptors (Lipinski definition) is 4. The van der Waals surface area contributed by atoms with Gasteiger partial charge in [0.25, 0.3) is 5.91 Å². The zero-order chi connectivity index (χ0) is 29.4. The van der Waals surface area contributed by atoms with Gasteiger partial charge in [0.1, 0.15) is 11.9 Å². The summed E-state index contributed by atoms with van der Waals surface area (Å²) in [7, 11) is 0. The number of benzene rings is 2. The van der Waals surface area contributed by atoms with E-state index in [0.29, 0.717) is 36.5 Å². The van der Waals surface area contributed by atoms with E-state index in [9.17, 15) is 31.9 Å². The lowest BCUT2D eigenvalue weighted by atomic mass is 9.83. The highest BCUT2D eigenvalue weighted by Crippen LogP contribution is 2.36. The van der Waals surface area contributed by atoms with E-state index in [1.54, 1.807) is 38.1 Å². The molecule has 0 radical (unpaired) electrons. The van der Waals surface area contributed by atoms with Gasteiger partial charge in [0.15, 0.2) is 0 Å². The Morgan fingerprint density at radius 1 is 1.07 bits per heavy atom. The van der Waals surface area contributed by atoms with Crippen molar-refractivity contribution >= 4 is 17.7 Å². The lowest BCUT2D eigenvalue weighted by Gasteiger charge is -2.36. The van der Waals surface area contributed by atoms with Crippen LogP contribution in [0.2, 0.25) is 0 Å². The molecule has 3 N–H and O–H groups in total. The maximum atomic E-state index is 14.9. The molecule has 4 rings (SSSR count). The first-order chi connectivity index (χ1) is 18.8. The van der Waals surface area contributed by atoms with Gasteiger partial charge in [0.05, 0.1) is 30.2 Å². The van der Waals surface area contributed by atoms with Crippen LogP contribution in [-0.2, 0) is 25.9 Å².